The maximum atomic E-state index is 11.5. The number of carbonyl (C=O) groups excluding carboxylic acids is 2. The fraction of sp³-hybridized carbons (Fsp3) is 0.385. The highest BCUT2D eigenvalue weighted by molar-refractivity contribution is 5.70. The van der Waals surface area contributed by atoms with Crippen molar-refractivity contribution in [3.8, 4) is 0 Å². The molecular weight excluding hydrogens is 250 g/mol. The number of hydrogen-bond acceptors (Lipinski definition) is 5. The Balaban J connectivity index is 1.66. The first-order valence-corrected chi connectivity index (χ1v) is 6.03. The molecule has 0 unspecified atom stereocenters. The van der Waals surface area contributed by atoms with Gasteiger partial charge in [0, 0.05) is 6.42 Å². The summed E-state index contributed by atoms with van der Waals surface area (Å²) in [6, 6.07) is 9.24. The Labute approximate surface area is 110 Å². The van der Waals surface area contributed by atoms with E-state index in [2.05, 4.69) is 15.1 Å². The van der Waals surface area contributed by atoms with Crippen molar-refractivity contribution in [2.75, 3.05) is 6.61 Å². The molecule has 1 atom stereocenters. The second kappa shape index (κ2) is 6.75. The standard InChI is InChI=1S/C13H15NO5/c15-12(17-8-10-4-2-1-3-5-10)7-6-11-9-18-19-13(16)14-11/h1-5,11H,6-9H2,(H,14,16)/t11-/m1/s1. The molecule has 1 aromatic carbocycles. The van der Waals surface area contributed by atoms with Gasteiger partial charge in [0.2, 0.25) is 0 Å². The molecule has 1 amide bonds. The Bertz CT molecular complexity index is 434. The lowest BCUT2D eigenvalue weighted by Gasteiger charge is -2.21. The molecule has 0 aromatic heterocycles. The summed E-state index contributed by atoms with van der Waals surface area (Å²) in [7, 11) is 0. The van der Waals surface area contributed by atoms with Gasteiger partial charge in [0.1, 0.15) is 13.2 Å². The van der Waals surface area contributed by atoms with Crippen LogP contribution in [0.25, 0.3) is 0 Å². The first kappa shape index (κ1) is 13.4. The van der Waals surface area contributed by atoms with Crippen LogP contribution in [-0.2, 0) is 25.9 Å². The number of ether oxygens (including phenoxy) is 1. The van der Waals surface area contributed by atoms with E-state index in [-0.39, 0.29) is 31.6 Å². The predicted octanol–water partition coefficient (Wildman–Crippen LogP) is 1.55. The molecule has 6 nitrogen and oxygen atoms in total. The van der Waals surface area contributed by atoms with Gasteiger partial charge >= 0.3 is 12.1 Å². The molecule has 1 saturated heterocycles. The van der Waals surface area contributed by atoms with Crippen LogP contribution in [0.3, 0.4) is 0 Å². The highest BCUT2D eigenvalue weighted by Gasteiger charge is 2.21. The molecule has 1 aliphatic rings. The topological polar surface area (TPSA) is 73.9 Å². The fourth-order valence-corrected chi connectivity index (χ4v) is 1.66. The third-order valence-electron chi connectivity index (χ3n) is 2.67. The zero-order chi connectivity index (χ0) is 13.5. The Kier molecular flexibility index (Phi) is 4.74. The van der Waals surface area contributed by atoms with Gasteiger partial charge in [-0.1, -0.05) is 30.3 Å². The maximum Gasteiger partial charge on any atom is 0.438 e. The molecule has 0 saturated carbocycles. The van der Waals surface area contributed by atoms with Gasteiger partial charge in [0.25, 0.3) is 0 Å². The summed E-state index contributed by atoms with van der Waals surface area (Å²) in [6.07, 6.45) is 0.0537. The maximum absolute atomic E-state index is 11.5. The Morgan fingerprint density at radius 3 is 2.89 bits per heavy atom. The number of carbonyl (C=O) groups is 2. The summed E-state index contributed by atoms with van der Waals surface area (Å²) in [6.45, 7) is 0.494. The van der Waals surface area contributed by atoms with Crippen molar-refractivity contribution in [3.63, 3.8) is 0 Å². The Morgan fingerprint density at radius 1 is 1.37 bits per heavy atom. The van der Waals surface area contributed by atoms with E-state index in [4.69, 9.17) is 4.74 Å². The van der Waals surface area contributed by atoms with Crippen LogP contribution in [0.2, 0.25) is 0 Å². The average molecular weight is 265 g/mol. The normalized spacial score (nSPS) is 18.3. The second-order valence-electron chi connectivity index (χ2n) is 4.18. The lowest BCUT2D eigenvalue weighted by molar-refractivity contribution is -0.258. The molecule has 6 heteroatoms. The van der Waals surface area contributed by atoms with Crippen LogP contribution >= 0.6 is 0 Å². The number of amides is 1. The zero-order valence-electron chi connectivity index (χ0n) is 10.3. The van der Waals surface area contributed by atoms with Crippen LogP contribution in [-0.4, -0.2) is 24.7 Å². The Morgan fingerprint density at radius 2 is 2.16 bits per heavy atom. The summed E-state index contributed by atoms with van der Waals surface area (Å²) in [5.74, 6) is -0.301. The van der Waals surface area contributed by atoms with Crippen molar-refractivity contribution in [1.82, 2.24) is 5.32 Å². The van der Waals surface area contributed by atoms with Crippen molar-refractivity contribution in [2.45, 2.75) is 25.5 Å². The van der Waals surface area contributed by atoms with Crippen molar-refractivity contribution in [3.05, 3.63) is 35.9 Å². The van der Waals surface area contributed by atoms with Crippen LogP contribution < -0.4 is 5.32 Å². The molecule has 1 aliphatic heterocycles. The van der Waals surface area contributed by atoms with Crippen LogP contribution in [0.1, 0.15) is 18.4 Å². The lowest BCUT2D eigenvalue weighted by Crippen LogP contribution is -2.43. The number of esters is 1. The molecule has 1 fully saturated rings. The van der Waals surface area contributed by atoms with Crippen LogP contribution in [0.15, 0.2) is 30.3 Å². The molecule has 0 bridgehead atoms. The van der Waals surface area contributed by atoms with Gasteiger partial charge in [-0.3, -0.25) is 9.68 Å². The molecule has 1 N–H and O–H groups in total. The minimum atomic E-state index is -0.631. The average Bonchev–Trinajstić information content (AvgIpc) is 2.44. The van der Waals surface area contributed by atoms with Gasteiger partial charge in [-0.25, -0.2) is 4.79 Å². The smallest absolute Gasteiger partial charge is 0.438 e. The number of benzene rings is 1. The molecule has 102 valence electrons. The summed E-state index contributed by atoms with van der Waals surface area (Å²) in [5, 5.41) is 2.55. The molecule has 19 heavy (non-hydrogen) atoms. The van der Waals surface area contributed by atoms with E-state index in [0.717, 1.165) is 5.56 Å². The largest absolute Gasteiger partial charge is 0.461 e. The summed E-state index contributed by atoms with van der Waals surface area (Å²) >= 11 is 0. The van der Waals surface area contributed by atoms with E-state index in [9.17, 15) is 9.59 Å². The number of rotatable bonds is 5. The van der Waals surface area contributed by atoms with Crippen LogP contribution in [0, 0.1) is 0 Å². The monoisotopic (exact) mass is 265 g/mol. The Hall–Kier alpha value is -2.08. The van der Waals surface area contributed by atoms with Crippen LogP contribution in [0.4, 0.5) is 4.79 Å². The third-order valence-corrected chi connectivity index (χ3v) is 2.67. The first-order valence-electron chi connectivity index (χ1n) is 6.03. The second-order valence-corrected chi connectivity index (χ2v) is 4.18. The summed E-state index contributed by atoms with van der Waals surface area (Å²) in [4.78, 5) is 31.2. The number of nitrogens with one attached hydrogen (secondary N) is 1. The summed E-state index contributed by atoms with van der Waals surface area (Å²) in [5.41, 5.74) is 0.943. The predicted molar refractivity (Wildman–Crippen MR) is 64.8 cm³/mol. The van der Waals surface area contributed by atoms with Gasteiger partial charge in [-0.15, -0.1) is 0 Å². The molecule has 0 spiro atoms. The van der Waals surface area contributed by atoms with E-state index in [1.54, 1.807) is 0 Å². The van der Waals surface area contributed by atoms with Gasteiger partial charge in [0.15, 0.2) is 0 Å². The highest BCUT2D eigenvalue weighted by Crippen LogP contribution is 2.07. The molecular formula is C13H15NO5. The summed E-state index contributed by atoms with van der Waals surface area (Å²) < 4.78 is 5.12. The van der Waals surface area contributed by atoms with E-state index in [0.29, 0.717) is 6.42 Å². The third kappa shape index (κ3) is 4.59. The molecule has 1 aromatic rings. The first-order chi connectivity index (χ1) is 9.24. The zero-order valence-corrected chi connectivity index (χ0v) is 10.3. The highest BCUT2D eigenvalue weighted by atomic mass is 17.2. The van der Waals surface area contributed by atoms with Crippen LogP contribution in [0.5, 0.6) is 0 Å². The fourth-order valence-electron chi connectivity index (χ4n) is 1.66. The van der Waals surface area contributed by atoms with Crippen molar-refractivity contribution < 1.29 is 24.1 Å². The quantitative estimate of drug-likeness (QED) is 0.646. The van der Waals surface area contributed by atoms with Gasteiger partial charge in [0.05, 0.1) is 6.04 Å². The van der Waals surface area contributed by atoms with E-state index in [1.165, 1.54) is 0 Å². The lowest BCUT2D eigenvalue weighted by atomic mass is 10.1. The SMILES string of the molecule is O=C(CC[C@@H]1COOC(=O)N1)OCc1ccccc1. The molecule has 2 rings (SSSR count). The van der Waals surface area contributed by atoms with E-state index < -0.39 is 6.09 Å². The van der Waals surface area contributed by atoms with Crippen molar-refractivity contribution in [1.29, 1.82) is 0 Å². The molecule has 0 radical (unpaired) electrons. The molecule has 0 aliphatic carbocycles. The minimum absolute atomic E-state index is 0.217. The van der Waals surface area contributed by atoms with Gasteiger partial charge < -0.3 is 10.1 Å². The van der Waals surface area contributed by atoms with E-state index >= 15 is 0 Å². The van der Waals surface area contributed by atoms with Gasteiger partial charge in [-0.2, -0.15) is 4.89 Å². The minimum Gasteiger partial charge on any atom is -0.461 e. The van der Waals surface area contributed by atoms with E-state index in [1.807, 2.05) is 30.3 Å². The number of hydrogen-bond donors (Lipinski definition) is 1. The van der Waals surface area contributed by atoms with Crippen molar-refractivity contribution in [2.24, 2.45) is 0 Å². The molecule has 1 heterocycles. The van der Waals surface area contributed by atoms with Gasteiger partial charge in [-0.05, 0) is 12.0 Å². The van der Waals surface area contributed by atoms with Crippen molar-refractivity contribution >= 4 is 12.1 Å².